The molecule has 3 unspecified atom stereocenters. The fourth-order valence-corrected chi connectivity index (χ4v) is 3.09. The van der Waals surface area contributed by atoms with Crippen molar-refractivity contribution in [3.8, 4) is 0 Å². The van der Waals surface area contributed by atoms with E-state index in [1.807, 2.05) is 11.1 Å². The van der Waals surface area contributed by atoms with E-state index in [2.05, 4.69) is 6.92 Å². The van der Waals surface area contributed by atoms with E-state index in [0.717, 1.165) is 17.8 Å². The fraction of sp³-hybridized carbons (Fsp3) is 0.857. The first-order valence-electron chi connectivity index (χ1n) is 6.59. The van der Waals surface area contributed by atoms with Crippen LogP contribution in [0.15, 0.2) is 11.1 Å². The SMILES string of the molecule is CCC1CC1CCCC1CC1=C1CC1. The summed E-state index contributed by atoms with van der Waals surface area (Å²) in [5, 5.41) is 0. The van der Waals surface area contributed by atoms with E-state index < -0.39 is 0 Å². The molecule has 0 heteroatoms. The molecule has 0 amide bonds. The molecule has 0 aromatic carbocycles. The first-order valence-corrected chi connectivity index (χ1v) is 6.59. The van der Waals surface area contributed by atoms with Gasteiger partial charge >= 0.3 is 0 Å². The maximum absolute atomic E-state index is 2.35. The minimum absolute atomic E-state index is 1.06. The molecule has 0 saturated heterocycles. The molecule has 0 aromatic rings. The number of hydrogen-bond donors (Lipinski definition) is 0. The second-order valence-electron chi connectivity index (χ2n) is 5.62. The Morgan fingerprint density at radius 2 is 2.00 bits per heavy atom. The molecule has 3 aliphatic carbocycles. The lowest BCUT2D eigenvalue weighted by Gasteiger charge is -1.97. The zero-order valence-electron chi connectivity index (χ0n) is 9.39. The highest BCUT2D eigenvalue weighted by Crippen LogP contribution is 2.51. The molecular weight excluding hydrogens is 168 g/mol. The summed E-state index contributed by atoms with van der Waals surface area (Å²) in [6.07, 6.45) is 11.9. The quantitative estimate of drug-likeness (QED) is 0.567. The molecule has 0 N–H and O–H groups in total. The molecule has 3 saturated carbocycles. The van der Waals surface area contributed by atoms with Crippen LogP contribution in [0.1, 0.15) is 58.3 Å². The van der Waals surface area contributed by atoms with Crippen molar-refractivity contribution in [3.63, 3.8) is 0 Å². The van der Waals surface area contributed by atoms with E-state index in [1.54, 1.807) is 6.42 Å². The first kappa shape index (κ1) is 9.00. The Hall–Kier alpha value is -0.260. The summed E-state index contributed by atoms with van der Waals surface area (Å²) in [5.74, 6) is 3.32. The van der Waals surface area contributed by atoms with Crippen molar-refractivity contribution in [1.82, 2.24) is 0 Å². The smallest absolute Gasteiger partial charge is 0.0163 e. The molecule has 3 aliphatic rings. The van der Waals surface area contributed by atoms with E-state index in [0.29, 0.717) is 0 Å². The maximum Gasteiger partial charge on any atom is -0.0163 e. The molecule has 0 nitrogen and oxygen atoms in total. The van der Waals surface area contributed by atoms with Crippen LogP contribution in [0.25, 0.3) is 0 Å². The summed E-state index contributed by atoms with van der Waals surface area (Å²) in [6, 6.07) is 0. The highest BCUT2D eigenvalue weighted by atomic mass is 14.4. The Morgan fingerprint density at radius 3 is 2.64 bits per heavy atom. The Morgan fingerprint density at radius 1 is 1.14 bits per heavy atom. The van der Waals surface area contributed by atoms with Gasteiger partial charge in [0.2, 0.25) is 0 Å². The van der Waals surface area contributed by atoms with Gasteiger partial charge in [0, 0.05) is 0 Å². The fourth-order valence-electron chi connectivity index (χ4n) is 3.09. The molecule has 0 radical (unpaired) electrons. The minimum atomic E-state index is 1.06. The van der Waals surface area contributed by atoms with E-state index in [4.69, 9.17) is 0 Å². The van der Waals surface area contributed by atoms with E-state index in [-0.39, 0.29) is 0 Å². The van der Waals surface area contributed by atoms with Gasteiger partial charge in [-0.05, 0) is 49.9 Å². The first-order chi connectivity index (χ1) is 6.88. The zero-order valence-corrected chi connectivity index (χ0v) is 9.39. The highest BCUT2D eigenvalue weighted by molar-refractivity contribution is 5.36. The van der Waals surface area contributed by atoms with Gasteiger partial charge in [0.25, 0.3) is 0 Å². The maximum atomic E-state index is 2.35. The van der Waals surface area contributed by atoms with Crippen LogP contribution in [0.3, 0.4) is 0 Å². The summed E-state index contributed by atoms with van der Waals surface area (Å²) >= 11 is 0. The van der Waals surface area contributed by atoms with E-state index >= 15 is 0 Å². The van der Waals surface area contributed by atoms with Gasteiger partial charge in [-0.3, -0.25) is 0 Å². The van der Waals surface area contributed by atoms with Crippen LogP contribution in [-0.2, 0) is 0 Å². The summed E-state index contributed by atoms with van der Waals surface area (Å²) in [5.41, 5.74) is 3.72. The van der Waals surface area contributed by atoms with Crippen LogP contribution < -0.4 is 0 Å². The molecule has 0 bridgehead atoms. The van der Waals surface area contributed by atoms with Gasteiger partial charge in [0.1, 0.15) is 0 Å². The van der Waals surface area contributed by atoms with Crippen LogP contribution >= 0.6 is 0 Å². The summed E-state index contributed by atoms with van der Waals surface area (Å²) in [4.78, 5) is 0. The number of hydrogen-bond acceptors (Lipinski definition) is 0. The summed E-state index contributed by atoms with van der Waals surface area (Å²) in [7, 11) is 0. The molecule has 14 heavy (non-hydrogen) atoms. The lowest BCUT2D eigenvalue weighted by Crippen LogP contribution is -1.84. The van der Waals surface area contributed by atoms with Gasteiger partial charge in [-0.1, -0.05) is 37.3 Å². The lowest BCUT2D eigenvalue weighted by molar-refractivity contribution is 0.563. The topological polar surface area (TPSA) is 0 Å². The molecule has 78 valence electrons. The van der Waals surface area contributed by atoms with Crippen LogP contribution in [0.2, 0.25) is 0 Å². The van der Waals surface area contributed by atoms with Gasteiger partial charge < -0.3 is 0 Å². The van der Waals surface area contributed by atoms with E-state index in [9.17, 15) is 0 Å². The average molecular weight is 190 g/mol. The molecule has 3 atom stereocenters. The van der Waals surface area contributed by atoms with Crippen molar-refractivity contribution in [2.45, 2.75) is 58.3 Å². The summed E-state index contributed by atoms with van der Waals surface area (Å²) in [6.45, 7) is 2.35. The second kappa shape index (κ2) is 3.40. The zero-order chi connectivity index (χ0) is 9.54. The monoisotopic (exact) mass is 190 g/mol. The van der Waals surface area contributed by atoms with Gasteiger partial charge in [0.15, 0.2) is 0 Å². The van der Waals surface area contributed by atoms with Crippen LogP contribution in [0.4, 0.5) is 0 Å². The standard InChI is InChI=1S/C14H22/c1-2-10-8-12(10)4-3-5-13-9-14(13)11-6-7-11/h10,12-13H,2-9H2,1H3. The molecule has 0 aromatic heterocycles. The van der Waals surface area contributed by atoms with Crippen molar-refractivity contribution in [3.05, 3.63) is 11.1 Å². The molecule has 0 heterocycles. The Bertz CT molecular complexity index is 255. The van der Waals surface area contributed by atoms with Crippen LogP contribution in [0, 0.1) is 17.8 Å². The van der Waals surface area contributed by atoms with Gasteiger partial charge in [-0.2, -0.15) is 0 Å². The number of allylic oxidation sites excluding steroid dienone is 2. The summed E-state index contributed by atoms with van der Waals surface area (Å²) < 4.78 is 0. The van der Waals surface area contributed by atoms with Crippen molar-refractivity contribution >= 4 is 0 Å². The van der Waals surface area contributed by atoms with Crippen LogP contribution in [0.5, 0.6) is 0 Å². The third-order valence-electron chi connectivity index (χ3n) is 4.47. The Balaban J connectivity index is 1.31. The van der Waals surface area contributed by atoms with Gasteiger partial charge in [-0.25, -0.2) is 0 Å². The molecule has 0 aliphatic heterocycles. The highest BCUT2D eigenvalue weighted by Gasteiger charge is 2.37. The predicted molar refractivity (Wildman–Crippen MR) is 60.1 cm³/mol. The lowest BCUT2D eigenvalue weighted by atomic mass is 10.1. The largest absolute Gasteiger partial charge is 0.0701 e. The minimum Gasteiger partial charge on any atom is -0.0701 e. The van der Waals surface area contributed by atoms with Crippen molar-refractivity contribution < 1.29 is 0 Å². The molecular formula is C14H22. The van der Waals surface area contributed by atoms with Crippen molar-refractivity contribution in [1.29, 1.82) is 0 Å². The van der Waals surface area contributed by atoms with Crippen molar-refractivity contribution in [2.24, 2.45) is 17.8 Å². The predicted octanol–water partition coefficient (Wildman–Crippen LogP) is 4.31. The normalized spacial score (nSPS) is 38.8. The third-order valence-corrected chi connectivity index (χ3v) is 4.47. The Labute approximate surface area is 87.8 Å². The second-order valence-corrected chi connectivity index (χ2v) is 5.62. The van der Waals surface area contributed by atoms with Gasteiger partial charge in [-0.15, -0.1) is 0 Å². The van der Waals surface area contributed by atoms with Gasteiger partial charge in [0.05, 0.1) is 0 Å². The number of rotatable bonds is 5. The van der Waals surface area contributed by atoms with Crippen LogP contribution in [-0.4, -0.2) is 0 Å². The third kappa shape index (κ3) is 1.89. The van der Waals surface area contributed by atoms with Crippen molar-refractivity contribution in [2.75, 3.05) is 0 Å². The van der Waals surface area contributed by atoms with E-state index in [1.165, 1.54) is 44.9 Å². The Kier molecular flexibility index (Phi) is 2.18. The average Bonchev–Trinajstić information content (AvgIpc) is 3.03. The molecule has 3 rings (SSSR count). The molecule has 3 fully saturated rings. The molecule has 0 spiro atoms.